The molecule has 6 heteroatoms. The molecule has 0 saturated carbocycles. The van der Waals surface area contributed by atoms with Crippen molar-refractivity contribution < 1.29 is 19.1 Å². The first kappa shape index (κ1) is 16.0. The Hall–Kier alpha value is -2.08. The van der Waals surface area contributed by atoms with E-state index in [0.717, 1.165) is 0 Å². The standard InChI is InChI=1S/C14H20N2O4/c1-14(2,9-15)13(18)16-10-4-6-11(7-5-10)20-8-12(17)19-3/h4-7H,8-9,15H2,1-3H3,(H,16,18). The number of methoxy groups -OCH3 is 1. The summed E-state index contributed by atoms with van der Waals surface area (Å²) < 4.78 is 9.67. The Labute approximate surface area is 118 Å². The lowest BCUT2D eigenvalue weighted by Crippen LogP contribution is -2.37. The normalized spacial score (nSPS) is 10.8. The number of rotatable bonds is 6. The van der Waals surface area contributed by atoms with Gasteiger partial charge in [-0.05, 0) is 38.1 Å². The van der Waals surface area contributed by atoms with Gasteiger partial charge in [0.15, 0.2) is 6.61 Å². The molecule has 0 spiro atoms. The molecule has 1 aromatic rings. The minimum Gasteiger partial charge on any atom is -0.482 e. The summed E-state index contributed by atoms with van der Waals surface area (Å²) in [6.45, 7) is 3.66. The van der Waals surface area contributed by atoms with Gasteiger partial charge in [0.1, 0.15) is 5.75 Å². The molecule has 0 fully saturated rings. The van der Waals surface area contributed by atoms with E-state index in [1.807, 2.05) is 0 Å². The van der Waals surface area contributed by atoms with E-state index in [9.17, 15) is 9.59 Å². The van der Waals surface area contributed by atoms with Crippen molar-refractivity contribution in [3.05, 3.63) is 24.3 Å². The van der Waals surface area contributed by atoms with E-state index >= 15 is 0 Å². The zero-order chi connectivity index (χ0) is 15.2. The first-order chi connectivity index (χ1) is 9.39. The number of nitrogens with two attached hydrogens (primary N) is 1. The summed E-state index contributed by atoms with van der Waals surface area (Å²) in [5.74, 6) is -0.0817. The zero-order valence-electron chi connectivity index (χ0n) is 11.9. The SMILES string of the molecule is COC(=O)COc1ccc(NC(=O)C(C)(C)CN)cc1. The van der Waals surface area contributed by atoms with Crippen LogP contribution in [0.15, 0.2) is 24.3 Å². The van der Waals surface area contributed by atoms with E-state index in [4.69, 9.17) is 10.5 Å². The fourth-order valence-corrected chi connectivity index (χ4v) is 1.23. The summed E-state index contributed by atoms with van der Waals surface area (Å²) in [7, 11) is 1.30. The number of anilines is 1. The average Bonchev–Trinajstić information content (AvgIpc) is 2.46. The highest BCUT2D eigenvalue weighted by Crippen LogP contribution is 2.19. The Morgan fingerprint density at radius 3 is 2.35 bits per heavy atom. The molecule has 0 bridgehead atoms. The van der Waals surface area contributed by atoms with Gasteiger partial charge in [0.25, 0.3) is 0 Å². The van der Waals surface area contributed by atoms with Crippen molar-refractivity contribution in [3.8, 4) is 5.75 Å². The van der Waals surface area contributed by atoms with Crippen molar-refractivity contribution in [3.63, 3.8) is 0 Å². The lowest BCUT2D eigenvalue weighted by molar-refractivity contribution is -0.142. The van der Waals surface area contributed by atoms with Gasteiger partial charge in [-0.3, -0.25) is 4.79 Å². The number of hydrogen-bond acceptors (Lipinski definition) is 5. The molecule has 110 valence electrons. The molecule has 6 nitrogen and oxygen atoms in total. The summed E-state index contributed by atoms with van der Waals surface area (Å²) in [5, 5.41) is 2.77. The molecule has 1 rings (SSSR count). The second kappa shape index (κ2) is 6.91. The Morgan fingerprint density at radius 2 is 1.85 bits per heavy atom. The molecule has 0 aliphatic heterocycles. The molecule has 0 unspecified atom stereocenters. The summed E-state index contributed by atoms with van der Waals surface area (Å²) in [6.07, 6.45) is 0. The molecule has 1 aromatic carbocycles. The van der Waals surface area contributed by atoms with E-state index in [1.165, 1.54) is 7.11 Å². The third-order valence-electron chi connectivity index (χ3n) is 2.82. The monoisotopic (exact) mass is 280 g/mol. The average molecular weight is 280 g/mol. The first-order valence-corrected chi connectivity index (χ1v) is 6.20. The van der Waals surface area contributed by atoms with Crippen molar-refractivity contribution in [2.24, 2.45) is 11.1 Å². The van der Waals surface area contributed by atoms with Crippen LogP contribution in [0.2, 0.25) is 0 Å². The fraction of sp³-hybridized carbons (Fsp3) is 0.429. The van der Waals surface area contributed by atoms with Gasteiger partial charge in [-0.2, -0.15) is 0 Å². The Morgan fingerprint density at radius 1 is 1.25 bits per heavy atom. The van der Waals surface area contributed by atoms with Crippen LogP contribution in [0.1, 0.15) is 13.8 Å². The number of carbonyl (C=O) groups excluding carboxylic acids is 2. The van der Waals surface area contributed by atoms with Crippen LogP contribution in [0.3, 0.4) is 0 Å². The maximum atomic E-state index is 11.9. The van der Waals surface area contributed by atoms with Gasteiger partial charge in [-0.25, -0.2) is 4.79 Å². The fourth-order valence-electron chi connectivity index (χ4n) is 1.23. The quantitative estimate of drug-likeness (QED) is 0.763. The van der Waals surface area contributed by atoms with Crippen LogP contribution >= 0.6 is 0 Å². The topological polar surface area (TPSA) is 90.6 Å². The number of esters is 1. The summed E-state index contributed by atoms with van der Waals surface area (Å²) in [5.41, 5.74) is 5.56. The zero-order valence-corrected chi connectivity index (χ0v) is 11.9. The number of hydrogen-bond donors (Lipinski definition) is 2. The number of ether oxygens (including phenoxy) is 2. The molecule has 0 heterocycles. The lowest BCUT2D eigenvalue weighted by atomic mass is 9.92. The second-order valence-electron chi connectivity index (χ2n) is 4.93. The maximum Gasteiger partial charge on any atom is 0.343 e. The molecule has 0 radical (unpaired) electrons. The third-order valence-corrected chi connectivity index (χ3v) is 2.82. The van der Waals surface area contributed by atoms with Crippen molar-refractivity contribution in [2.45, 2.75) is 13.8 Å². The van der Waals surface area contributed by atoms with E-state index in [-0.39, 0.29) is 19.1 Å². The Bertz CT molecular complexity index is 469. The minimum absolute atomic E-state index is 0.150. The molecule has 20 heavy (non-hydrogen) atoms. The van der Waals surface area contributed by atoms with Gasteiger partial charge >= 0.3 is 5.97 Å². The van der Waals surface area contributed by atoms with Gasteiger partial charge in [-0.1, -0.05) is 0 Å². The highest BCUT2D eigenvalue weighted by Gasteiger charge is 2.25. The molecule has 3 N–H and O–H groups in total. The number of benzene rings is 1. The van der Waals surface area contributed by atoms with Crippen LogP contribution in [-0.2, 0) is 14.3 Å². The first-order valence-electron chi connectivity index (χ1n) is 6.20. The molecular formula is C14H20N2O4. The summed E-state index contributed by atoms with van der Waals surface area (Å²) in [6, 6.07) is 6.70. The predicted octanol–water partition coefficient (Wildman–Crippen LogP) is 1.16. The summed E-state index contributed by atoms with van der Waals surface area (Å²) in [4.78, 5) is 22.8. The smallest absolute Gasteiger partial charge is 0.343 e. The lowest BCUT2D eigenvalue weighted by Gasteiger charge is -2.21. The summed E-state index contributed by atoms with van der Waals surface area (Å²) >= 11 is 0. The Balaban J connectivity index is 2.59. The second-order valence-corrected chi connectivity index (χ2v) is 4.93. The van der Waals surface area contributed by atoms with Gasteiger partial charge in [0.2, 0.25) is 5.91 Å². The van der Waals surface area contributed by atoms with E-state index in [0.29, 0.717) is 11.4 Å². The van der Waals surface area contributed by atoms with E-state index < -0.39 is 11.4 Å². The largest absolute Gasteiger partial charge is 0.482 e. The molecule has 0 aromatic heterocycles. The molecular weight excluding hydrogens is 260 g/mol. The van der Waals surface area contributed by atoms with Crippen molar-refractivity contribution >= 4 is 17.6 Å². The van der Waals surface area contributed by atoms with Gasteiger partial charge in [0.05, 0.1) is 12.5 Å². The van der Waals surface area contributed by atoms with E-state index in [2.05, 4.69) is 10.1 Å². The van der Waals surface area contributed by atoms with Gasteiger partial charge in [-0.15, -0.1) is 0 Å². The van der Waals surface area contributed by atoms with Gasteiger partial charge < -0.3 is 20.5 Å². The molecule has 0 aliphatic carbocycles. The van der Waals surface area contributed by atoms with Crippen LogP contribution in [0.25, 0.3) is 0 Å². The number of nitrogens with one attached hydrogen (secondary N) is 1. The molecule has 0 saturated heterocycles. The number of carbonyl (C=O) groups is 2. The highest BCUT2D eigenvalue weighted by molar-refractivity contribution is 5.95. The van der Waals surface area contributed by atoms with Crippen LogP contribution in [0.5, 0.6) is 5.75 Å². The van der Waals surface area contributed by atoms with Crippen LogP contribution in [0.4, 0.5) is 5.69 Å². The van der Waals surface area contributed by atoms with Gasteiger partial charge in [0, 0.05) is 12.2 Å². The minimum atomic E-state index is -0.625. The number of amides is 1. The van der Waals surface area contributed by atoms with Crippen LogP contribution in [-0.4, -0.2) is 32.1 Å². The Kier molecular flexibility index (Phi) is 5.52. The molecule has 1 amide bonds. The van der Waals surface area contributed by atoms with Crippen LogP contribution in [0, 0.1) is 5.41 Å². The van der Waals surface area contributed by atoms with E-state index in [1.54, 1.807) is 38.1 Å². The highest BCUT2D eigenvalue weighted by atomic mass is 16.6. The van der Waals surface area contributed by atoms with Crippen molar-refractivity contribution in [1.29, 1.82) is 0 Å². The van der Waals surface area contributed by atoms with Crippen molar-refractivity contribution in [1.82, 2.24) is 0 Å². The predicted molar refractivity (Wildman–Crippen MR) is 75.4 cm³/mol. The third kappa shape index (κ3) is 4.55. The molecule has 0 aliphatic rings. The molecule has 0 atom stereocenters. The maximum absolute atomic E-state index is 11.9. The van der Waals surface area contributed by atoms with Crippen LogP contribution < -0.4 is 15.8 Å². The van der Waals surface area contributed by atoms with Crippen molar-refractivity contribution in [2.75, 3.05) is 25.6 Å².